The average Bonchev–Trinajstić information content (AvgIpc) is 3.31. The van der Waals surface area contributed by atoms with Crippen LogP contribution in [-0.4, -0.2) is 41.4 Å². The Hall–Kier alpha value is -4.07. The molecule has 37 heavy (non-hydrogen) atoms. The minimum Gasteiger partial charge on any atom is -0.480 e. The summed E-state index contributed by atoms with van der Waals surface area (Å²) in [5.74, 6) is 1.81. The summed E-state index contributed by atoms with van der Waals surface area (Å²) in [7, 11) is 1.63. The van der Waals surface area contributed by atoms with E-state index in [2.05, 4.69) is 10.2 Å². The van der Waals surface area contributed by atoms with E-state index in [4.69, 9.17) is 19.1 Å². The highest BCUT2D eigenvalue weighted by Crippen LogP contribution is 2.46. The molecule has 1 amide bonds. The Morgan fingerprint density at radius 3 is 2.32 bits per heavy atom. The first-order valence-corrected chi connectivity index (χ1v) is 12.9. The number of carboxylic acid groups (broad SMARTS) is 1. The third kappa shape index (κ3) is 4.16. The Bertz CT molecular complexity index is 1420. The normalized spacial score (nSPS) is 16.8. The van der Waals surface area contributed by atoms with Crippen LogP contribution < -0.4 is 15.0 Å². The molecule has 0 radical (unpaired) electrons. The van der Waals surface area contributed by atoms with Crippen molar-refractivity contribution in [1.29, 1.82) is 0 Å². The minimum absolute atomic E-state index is 0.494. The maximum Gasteiger partial charge on any atom is 0.405 e. The number of methoxy groups -OCH3 is 1. The van der Waals surface area contributed by atoms with Crippen molar-refractivity contribution in [3.63, 3.8) is 0 Å². The monoisotopic (exact) mass is 498 g/mol. The van der Waals surface area contributed by atoms with E-state index in [1.165, 1.54) is 6.42 Å². The molecule has 1 aliphatic carbocycles. The van der Waals surface area contributed by atoms with Gasteiger partial charge in [0.15, 0.2) is 0 Å². The van der Waals surface area contributed by atoms with E-state index in [0.29, 0.717) is 23.3 Å². The van der Waals surface area contributed by atoms with Gasteiger partial charge in [-0.05, 0) is 49.7 Å². The van der Waals surface area contributed by atoms with Crippen LogP contribution in [0.25, 0.3) is 33.6 Å². The minimum atomic E-state index is -0.998. The number of rotatable bonds is 6. The molecular formula is C29H30N4O4. The quantitative estimate of drug-likeness (QED) is 0.326. The second-order valence-electron chi connectivity index (χ2n) is 9.88. The Labute approximate surface area is 215 Å². The van der Waals surface area contributed by atoms with Crippen molar-refractivity contribution in [3.05, 3.63) is 60.2 Å². The van der Waals surface area contributed by atoms with Crippen LogP contribution in [0.1, 0.15) is 44.1 Å². The van der Waals surface area contributed by atoms with Gasteiger partial charge in [0.1, 0.15) is 11.1 Å². The number of anilines is 1. The van der Waals surface area contributed by atoms with Gasteiger partial charge in [0.2, 0.25) is 17.5 Å². The van der Waals surface area contributed by atoms with Crippen LogP contribution in [0.4, 0.5) is 10.7 Å². The number of nitrogens with zero attached hydrogens (tertiary/aromatic N) is 3. The smallest absolute Gasteiger partial charge is 0.405 e. The van der Waals surface area contributed by atoms with Gasteiger partial charge < -0.3 is 24.5 Å². The fourth-order valence-electron chi connectivity index (χ4n) is 5.59. The summed E-state index contributed by atoms with van der Waals surface area (Å²) >= 11 is 0. The predicted molar refractivity (Wildman–Crippen MR) is 142 cm³/mol. The second-order valence-corrected chi connectivity index (χ2v) is 9.88. The standard InChI is InChI=1S/C29H30N4O4/c1-36-25-23-22(19-9-4-2-5-10-19)24(37-26(23)31-27(30-25)33-17-6-3-7-18-33)20-11-13-21(14-12-20)29(15-8-16-29)32-28(34)35/h2,4-5,9-14,32H,3,6-8,15-18H2,1H3,(H,34,35). The molecule has 0 spiro atoms. The Kier molecular flexibility index (Phi) is 5.94. The summed E-state index contributed by atoms with van der Waals surface area (Å²) in [5, 5.41) is 12.8. The molecular weight excluding hydrogens is 468 g/mol. The first-order chi connectivity index (χ1) is 18.1. The van der Waals surface area contributed by atoms with Crippen molar-refractivity contribution in [2.45, 2.75) is 44.1 Å². The fourth-order valence-corrected chi connectivity index (χ4v) is 5.59. The lowest BCUT2D eigenvalue weighted by Gasteiger charge is -2.42. The van der Waals surface area contributed by atoms with Crippen LogP contribution in [0, 0.1) is 0 Å². The molecule has 190 valence electrons. The number of nitrogens with one attached hydrogen (secondary N) is 1. The van der Waals surface area contributed by atoms with Crippen molar-refractivity contribution in [2.75, 3.05) is 25.1 Å². The predicted octanol–water partition coefficient (Wildman–Crippen LogP) is 6.20. The first-order valence-electron chi connectivity index (χ1n) is 12.9. The van der Waals surface area contributed by atoms with Crippen molar-refractivity contribution < 1.29 is 19.1 Å². The van der Waals surface area contributed by atoms with Gasteiger partial charge in [-0.15, -0.1) is 0 Å². The van der Waals surface area contributed by atoms with Crippen LogP contribution in [0.5, 0.6) is 5.88 Å². The van der Waals surface area contributed by atoms with Crippen LogP contribution in [0.3, 0.4) is 0 Å². The number of amides is 1. The highest BCUT2D eigenvalue weighted by atomic mass is 16.5. The zero-order chi connectivity index (χ0) is 25.4. The molecule has 2 aliphatic rings. The first kappa shape index (κ1) is 23.3. The summed E-state index contributed by atoms with van der Waals surface area (Å²) in [6.07, 6.45) is 5.05. The van der Waals surface area contributed by atoms with E-state index in [1.54, 1.807) is 7.11 Å². The van der Waals surface area contributed by atoms with Gasteiger partial charge >= 0.3 is 6.09 Å². The molecule has 6 rings (SSSR count). The molecule has 8 heteroatoms. The summed E-state index contributed by atoms with van der Waals surface area (Å²) in [5.41, 5.74) is 3.69. The van der Waals surface area contributed by atoms with Crippen LogP contribution in [0.15, 0.2) is 59.0 Å². The third-order valence-corrected chi connectivity index (χ3v) is 7.65. The average molecular weight is 499 g/mol. The molecule has 0 unspecified atom stereocenters. The number of fused-ring (bicyclic) bond motifs is 1. The maximum absolute atomic E-state index is 11.4. The van der Waals surface area contributed by atoms with Gasteiger partial charge in [0.05, 0.1) is 12.6 Å². The van der Waals surface area contributed by atoms with E-state index in [-0.39, 0.29) is 0 Å². The Balaban J connectivity index is 1.49. The van der Waals surface area contributed by atoms with Crippen molar-refractivity contribution in [3.8, 4) is 28.3 Å². The van der Waals surface area contributed by atoms with Crippen molar-refractivity contribution >= 4 is 23.1 Å². The number of aromatic nitrogens is 2. The van der Waals surface area contributed by atoms with Crippen LogP contribution >= 0.6 is 0 Å². The number of hydrogen-bond donors (Lipinski definition) is 2. The lowest BCUT2D eigenvalue weighted by Crippen LogP contribution is -2.50. The highest BCUT2D eigenvalue weighted by molar-refractivity contribution is 6.03. The van der Waals surface area contributed by atoms with Crippen LogP contribution in [-0.2, 0) is 5.54 Å². The zero-order valence-corrected chi connectivity index (χ0v) is 20.9. The molecule has 1 saturated carbocycles. The number of furan rings is 1. The van der Waals surface area contributed by atoms with Crippen LogP contribution in [0.2, 0.25) is 0 Å². The molecule has 8 nitrogen and oxygen atoms in total. The molecule has 4 aromatic rings. The number of benzene rings is 2. The van der Waals surface area contributed by atoms with E-state index in [1.807, 2.05) is 54.6 Å². The molecule has 0 atom stereocenters. The number of hydrogen-bond acceptors (Lipinski definition) is 6. The molecule has 2 aromatic heterocycles. The van der Waals surface area contributed by atoms with Gasteiger partial charge in [-0.2, -0.15) is 9.97 Å². The Morgan fingerprint density at radius 1 is 0.973 bits per heavy atom. The van der Waals surface area contributed by atoms with Gasteiger partial charge in [-0.3, -0.25) is 0 Å². The fraction of sp³-hybridized carbons (Fsp3) is 0.345. The van der Waals surface area contributed by atoms with Gasteiger partial charge in [0, 0.05) is 24.2 Å². The molecule has 1 saturated heterocycles. The summed E-state index contributed by atoms with van der Waals surface area (Å²) in [6.45, 7) is 1.84. The van der Waals surface area contributed by atoms with E-state index >= 15 is 0 Å². The van der Waals surface area contributed by atoms with E-state index in [9.17, 15) is 9.90 Å². The molecule has 2 fully saturated rings. The summed E-state index contributed by atoms with van der Waals surface area (Å²) in [4.78, 5) is 23.3. The third-order valence-electron chi connectivity index (χ3n) is 7.65. The van der Waals surface area contributed by atoms with Crippen molar-refractivity contribution in [1.82, 2.24) is 15.3 Å². The SMILES string of the molecule is COc1nc(N2CCCCC2)nc2oc(-c3ccc(C4(NC(=O)O)CCC4)cc3)c(-c3ccccc3)c12. The molecule has 1 aliphatic heterocycles. The molecule has 0 bridgehead atoms. The number of carbonyl (C=O) groups is 1. The summed E-state index contributed by atoms with van der Waals surface area (Å²) < 4.78 is 12.3. The Morgan fingerprint density at radius 2 is 1.70 bits per heavy atom. The lowest BCUT2D eigenvalue weighted by molar-refractivity contribution is 0.144. The van der Waals surface area contributed by atoms with E-state index in [0.717, 1.165) is 72.8 Å². The highest BCUT2D eigenvalue weighted by Gasteiger charge is 2.40. The molecule has 2 aromatic carbocycles. The summed E-state index contributed by atoms with van der Waals surface area (Å²) in [6, 6.07) is 18.0. The second kappa shape index (κ2) is 9.42. The van der Waals surface area contributed by atoms with Gasteiger partial charge in [-0.1, -0.05) is 54.6 Å². The van der Waals surface area contributed by atoms with Crippen molar-refractivity contribution in [2.24, 2.45) is 0 Å². The molecule has 2 N–H and O–H groups in total. The largest absolute Gasteiger partial charge is 0.480 e. The van der Waals surface area contributed by atoms with Gasteiger partial charge in [-0.25, -0.2) is 4.79 Å². The number of ether oxygens (including phenoxy) is 1. The number of piperidine rings is 1. The lowest BCUT2D eigenvalue weighted by atomic mass is 9.72. The zero-order valence-electron chi connectivity index (χ0n) is 20.9. The topological polar surface area (TPSA) is 101 Å². The van der Waals surface area contributed by atoms with Gasteiger partial charge in [0.25, 0.3) is 0 Å². The maximum atomic E-state index is 11.4. The van der Waals surface area contributed by atoms with E-state index < -0.39 is 11.6 Å². The molecule has 3 heterocycles.